The summed E-state index contributed by atoms with van der Waals surface area (Å²) in [4.78, 5) is 23.6. The average molecular weight is 327 g/mol. The van der Waals surface area contributed by atoms with Crippen molar-refractivity contribution in [2.75, 3.05) is 5.32 Å². The molecule has 0 radical (unpaired) electrons. The Kier molecular flexibility index (Phi) is 5.33. The molecule has 0 fully saturated rings. The summed E-state index contributed by atoms with van der Waals surface area (Å²) in [6.07, 6.45) is -0.302. The number of carbonyl (C=O) groups excluding carboxylic acids is 1. The molecule has 1 amide bonds. The first-order chi connectivity index (χ1) is 11.0. The monoisotopic (exact) mass is 327 g/mol. The van der Waals surface area contributed by atoms with Gasteiger partial charge < -0.3 is 5.32 Å². The number of nitro benzene ring substituents is 1. The van der Waals surface area contributed by atoms with Gasteiger partial charge in [-0.1, -0.05) is 29.5 Å². The molecule has 0 aliphatic carbocycles. The number of nitriles is 1. The molecule has 0 spiro atoms. The topological polar surface area (TPSA) is 96.0 Å². The third-order valence-electron chi connectivity index (χ3n) is 2.88. The summed E-state index contributed by atoms with van der Waals surface area (Å²) >= 11 is 1.36. The third kappa shape index (κ3) is 4.83. The first-order valence-electron chi connectivity index (χ1n) is 6.69. The summed E-state index contributed by atoms with van der Waals surface area (Å²) in [5.74, 6) is -0.501. The van der Waals surface area contributed by atoms with Crippen LogP contribution >= 0.6 is 11.8 Å². The molecule has 2 rings (SSSR count). The Morgan fingerprint density at radius 1 is 1.26 bits per heavy atom. The Balaban J connectivity index is 2.29. The van der Waals surface area contributed by atoms with E-state index in [1.807, 2.05) is 31.2 Å². The molecule has 0 aliphatic rings. The maximum Gasteiger partial charge on any atom is 0.272 e. The molecule has 23 heavy (non-hydrogen) atoms. The molecule has 6 nitrogen and oxygen atoms in total. The minimum atomic E-state index is -0.515. The zero-order valence-corrected chi connectivity index (χ0v) is 13.1. The smallest absolute Gasteiger partial charge is 0.272 e. The summed E-state index contributed by atoms with van der Waals surface area (Å²) in [6.45, 7) is 1.98. The largest absolute Gasteiger partial charge is 0.325 e. The van der Waals surface area contributed by atoms with Crippen molar-refractivity contribution >= 4 is 29.0 Å². The molecule has 0 atom stereocenters. The number of amides is 1. The van der Waals surface area contributed by atoms with E-state index in [-0.39, 0.29) is 12.1 Å². The second kappa shape index (κ2) is 7.42. The summed E-state index contributed by atoms with van der Waals surface area (Å²) in [5, 5.41) is 22.0. The molecule has 0 aliphatic heterocycles. The number of benzene rings is 2. The van der Waals surface area contributed by atoms with Crippen molar-refractivity contribution in [3.05, 3.63) is 58.1 Å². The fourth-order valence-electron chi connectivity index (χ4n) is 1.84. The van der Waals surface area contributed by atoms with Gasteiger partial charge >= 0.3 is 0 Å². The number of carbonyl (C=O) groups is 1. The molecule has 0 unspecified atom stereocenters. The van der Waals surface area contributed by atoms with Crippen LogP contribution in [0.1, 0.15) is 12.0 Å². The quantitative estimate of drug-likeness (QED) is 0.663. The summed E-state index contributed by atoms with van der Waals surface area (Å²) in [6, 6.07) is 13.9. The van der Waals surface area contributed by atoms with Crippen molar-refractivity contribution in [3.8, 4) is 6.07 Å². The van der Waals surface area contributed by atoms with E-state index in [9.17, 15) is 14.9 Å². The molecule has 2 aromatic rings. The highest BCUT2D eigenvalue weighted by atomic mass is 32.2. The normalized spacial score (nSPS) is 9.91. The van der Waals surface area contributed by atoms with Gasteiger partial charge in [-0.25, -0.2) is 0 Å². The van der Waals surface area contributed by atoms with Crippen LogP contribution in [0.25, 0.3) is 0 Å². The van der Waals surface area contributed by atoms with E-state index in [1.54, 1.807) is 12.1 Å². The number of hydrogen-bond donors (Lipinski definition) is 1. The van der Waals surface area contributed by atoms with Gasteiger partial charge in [0.15, 0.2) is 0 Å². The van der Waals surface area contributed by atoms with Gasteiger partial charge in [0, 0.05) is 27.6 Å². The molecule has 2 aromatic carbocycles. The van der Waals surface area contributed by atoms with Crippen molar-refractivity contribution in [2.45, 2.75) is 23.1 Å². The SMILES string of the molecule is Cc1ccc(Sc2cc(NC(=O)CC#N)cc([N+](=O)[O-])c2)cc1. The van der Waals surface area contributed by atoms with Gasteiger partial charge in [-0.05, 0) is 25.1 Å². The van der Waals surface area contributed by atoms with Gasteiger partial charge in [0.2, 0.25) is 5.91 Å². The first kappa shape index (κ1) is 16.5. The molecule has 0 saturated carbocycles. The highest BCUT2D eigenvalue weighted by Crippen LogP contribution is 2.33. The van der Waals surface area contributed by atoms with Crippen LogP contribution < -0.4 is 5.32 Å². The molecule has 0 bridgehead atoms. The Bertz CT molecular complexity index is 782. The van der Waals surface area contributed by atoms with E-state index in [1.165, 1.54) is 23.9 Å². The Hall–Kier alpha value is -2.85. The lowest BCUT2D eigenvalue weighted by molar-refractivity contribution is -0.385. The standard InChI is InChI=1S/C16H13N3O3S/c1-11-2-4-14(5-3-11)23-15-9-12(18-16(20)6-7-17)8-13(10-15)19(21)22/h2-5,8-10H,6H2,1H3,(H,18,20). The number of aryl methyl sites for hydroxylation is 1. The number of anilines is 1. The minimum absolute atomic E-state index is 0.116. The Morgan fingerprint density at radius 3 is 2.57 bits per heavy atom. The third-order valence-corrected chi connectivity index (χ3v) is 3.86. The number of nitrogens with one attached hydrogen (secondary N) is 1. The van der Waals surface area contributed by atoms with Crippen LogP contribution in [0.3, 0.4) is 0 Å². The van der Waals surface area contributed by atoms with E-state index in [0.29, 0.717) is 10.6 Å². The van der Waals surface area contributed by atoms with Crippen molar-refractivity contribution in [1.29, 1.82) is 5.26 Å². The number of nitro groups is 1. The van der Waals surface area contributed by atoms with Gasteiger partial charge in [0.1, 0.15) is 6.42 Å². The lowest BCUT2D eigenvalue weighted by atomic mass is 10.2. The molecular formula is C16H13N3O3S. The van der Waals surface area contributed by atoms with Gasteiger partial charge in [-0.2, -0.15) is 5.26 Å². The predicted octanol–water partition coefficient (Wildman–Crippen LogP) is 3.91. The van der Waals surface area contributed by atoms with Crippen molar-refractivity contribution < 1.29 is 9.72 Å². The molecule has 7 heteroatoms. The summed E-state index contributed by atoms with van der Waals surface area (Å²) in [5.41, 5.74) is 1.31. The molecule has 1 N–H and O–H groups in total. The Morgan fingerprint density at radius 2 is 1.96 bits per heavy atom. The van der Waals surface area contributed by atoms with Crippen molar-refractivity contribution in [1.82, 2.24) is 0 Å². The summed E-state index contributed by atoms with van der Waals surface area (Å²) in [7, 11) is 0. The maximum absolute atomic E-state index is 11.5. The van der Waals surface area contributed by atoms with E-state index in [0.717, 1.165) is 10.5 Å². The van der Waals surface area contributed by atoms with Crippen LogP contribution in [-0.2, 0) is 4.79 Å². The Labute approximate surface area is 137 Å². The minimum Gasteiger partial charge on any atom is -0.325 e. The molecular weight excluding hydrogens is 314 g/mol. The van der Waals surface area contributed by atoms with Crippen LogP contribution in [0, 0.1) is 28.4 Å². The zero-order chi connectivity index (χ0) is 16.8. The van der Waals surface area contributed by atoms with Gasteiger partial charge in [0.25, 0.3) is 5.69 Å². The lowest BCUT2D eigenvalue weighted by Gasteiger charge is -2.07. The van der Waals surface area contributed by atoms with E-state index in [2.05, 4.69) is 5.32 Å². The molecule has 116 valence electrons. The van der Waals surface area contributed by atoms with Gasteiger partial charge in [0.05, 0.1) is 11.0 Å². The number of rotatable bonds is 5. The number of non-ortho nitro benzene ring substituents is 1. The molecule has 0 aromatic heterocycles. The fourth-order valence-corrected chi connectivity index (χ4v) is 2.75. The lowest BCUT2D eigenvalue weighted by Crippen LogP contribution is -2.10. The predicted molar refractivity (Wildman–Crippen MR) is 87.3 cm³/mol. The van der Waals surface area contributed by atoms with E-state index < -0.39 is 10.8 Å². The average Bonchev–Trinajstić information content (AvgIpc) is 2.49. The van der Waals surface area contributed by atoms with Gasteiger partial charge in [-0.3, -0.25) is 14.9 Å². The first-order valence-corrected chi connectivity index (χ1v) is 7.50. The van der Waals surface area contributed by atoms with E-state index >= 15 is 0 Å². The maximum atomic E-state index is 11.5. The number of hydrogen-bond acceptors (Lipinski definition) is 5. The van der Waals surface area contributed by atoms with Crippen molar-refractivity contribution in [2.24, 2.45) is 0 Å². The highest BCUT2D eigenvalue weighted by Gasteiger charge is 2.12. The van der Waals surface area contributed by atoms with E-state index in [4.69, 9.17) is 5.26 Å². The van der Waals surface area contributed by atoms with Crippen LogP contribution in [0.2, 0.25) is 0 Å². The van der Waals surface area contributed by atoms with Crippen LogP contribution in [-0.4, -0.2) is 10.8 Å². The van der Waals surface area contributed by atoms with Crippen LogP contribution in [0.5, 0.6) is 0 Å². The van der Waals surface area contributed by atoms with Crippen molar-refractivity contribution in [3.63, 3.8) is 0 Å². The van der Waals surface area contributed by atoms with Crippen LogP contribution in [0.4, 0.5) is 11.4 Å². The zero-order valence-electron chi connectivity index (χ0n) is 12.3. The summed E-state index contributed by atoms with van der Waals surface area (Å²) < 4.78 is 0. The number of nitrogens with zero attached hydrogens (tertiary/aromatic N) is 2. The molecule has 0 saturated heterocycles. The second-order valence-corrected chi connectivity index (χ2v) is 5.92. The highest BCUT2D eigenvalue weighted by molar-refractivity contribution is 7.99. The second-order valence-electron chi connectivity index (χ2n) is 4.77. The van der Waals surface area contributed by atoms with Gasteiger partial charge in [-0.15, -0.1) is 0 Å². The molecule has 0 heterocycles. The fraction of sp³-hybridized carbons (Fsp3) is 0.125. The van der Waals surface area contributed by atoms with Crippen LogP contribution in [0.15, 0.2) is 52.3 Å².